The van der Waals surface area contributed by atoms with E-state index in [4.69, 9.17) is 4.74 Å². The van der Waals surface area contributed by atoms with Crippen molar-refractivity contribution >= 4 is 40.9 Å². The zero-order chi connectivity index (χ0) is 32.3. The van der Waals surface area contributed by atoms with Crippen LogP contribution in [0.4, 0.5) is 20.2 Å². The molecule has 0 unspecified atom stereocenters. The highest BCUT2D eigenvalue weighted by Crippen LogP contribution is 2.38. The SMILES string of the molecule is COC(=O)c1cc(F)cc([N+](=O)[O-])c1C(=O)Cc1ncnn1C.Cn1ncnc1/C=C1\OC(=O)c2cc(F)cc([N+](=O)[O-])c21. The maximum absolute atomic E-state index is 13.5. The van der Waals surface area contributed by atoms with Crippen molar-refractivity contribution in [1.29, 1.82) is 0 Å². The Balaban J connectivity index is 0.000000201. The largest absolute Gasteiger partial charge is 0.465 e. The summed E-state index contributed by atoms with van der Waals surface area (Å²) in [6.07, 6.45) is 3.49. The molecule has 19 heteroatoms. The Bertz CT molecular complexity index is 1880. The van der Waals surface area contributed by atoms with Gasteiger partial charge in [0.2, 0.25) is 0 Å². The van der Waals surface area contributed by atoms with E-state index in [0.29, 0.717) is 11.9 Å². The fraction of sp³-hybridized carbons (Fsp3) is 0.160. The Morgan fingerprint density at radius 2 is 1.59 bits per heavy atom. The molecule has 0 atom stereocenters. The maximum Gasteiger partial charge on any atom is 0.344 e. The van der Waals surface area contributed by atoms with Gasteiger partial charge in [0.25, 0.3) is 11.4 Å². The molecular weight excluding hydrogens is 594 g/mol. The molecule has 17 nitrogen and oxygen atoms in total. The number of fused-ring (bicyclic) bond motifs is 1. The van der Waals surface area contributed by atoms with Crippen molar-refractivity contribution < 1.29 is 42.5 Å². The number of ketones is 1. The van der Waals surface area contributed by atoms with Gasteiger partial charge < -0.3 is 9.47 Å². The highest BCUT2D eigenvalue weighted by molar-refractivity contribution is 6.10. The number of methoxy groups -OCH3 is 1. The first-order chi connectivity index (χ1) is 20.8. The van der Waals surface area contributed by atoms with E-state index >= 15 is 0 Å². The van der Waals surface area contributed by atoms with Crippen LogP contribution in [0.1, 0.15) is 48.3 Å². The number of halogens is 2. The lowest BCUT2D eigenvalue weighted by molar-refractivity contribution is -0.385. The summed E-state index contributed by atoms with van der Waals surface area (Å²) in [6, 6.07) is 2.95. The van der Waals surface area contributed by atoms with Gasteiger partial charge in [-0.05, 0) is 12.1 Å². The van der Waals surface area contributed by atoms with Gasteiger partial charge in [-0.1, -0.05) is 0 Å². The minimum Gasteiger partial charge on any atom is -0.465 e. The Hall–Kier alpha value is -6.27. The van der Waals surface area contributed by atoms with E-state index in [0.717, 1.165) is 25.3 Å². The highest BCUT2D eigenvalue weighted by atomic mass is 19.1. The van der Waals surface area contributed by atoms with E-state index in [9.17, 15) is 43.4 Å². The number of carbonyl (C=O) groups is 3. The molecule has 44 heavy (non-hydrogen) atoms. The third kappa shape index (κ3) is 6.15. The van der Waals surface area contributed by atoms with E-state index in [-0.39, 0.29) is 29.1 Å². The van der Waals surface area contributed by atoms with Crippen molar-refractivity contribution in [2.45, 2.75) is 6.42 Å². The van der Waals surface area contributed by atoms with E-state index in [1.165, 1.54) is 35.1 Å². The lowest BCUT2D eigenvalue weighted by Gasteiger charge is -2.08. The molecule has 5 rings (SSSR count). The van der Waals surface area contributed by atoms with Crippen LogP contribution in [0.5, 0.6) is 0 Å². The number of esters is 2. The predicted molar refractivity (Wildman–Crippen MR) is 141 cm³/mol. The molecular formula is C25H18F2N8O9. The molecule has 0 spiro atoms. The molecule has 1 aliphatic rings. The Morgan fingerprint density at radius 1 is 0.977 bits per heavy atom. The van der Waals surface area contributed by atoms with Crippen molar-refractivity contribution in [1.82, 2.24) is 29.5 Å². The third-order valence-electron chi connectivity index (χ3n) is 6.04. The van der Waals surface area contributed by atoms with Gasteiger partial charge >= 0.3 is 11.9 Å². The van der Waals surface area contributed by atoms with Crippen LogP contribution in [0.25, 0.3) is 11.8 Å². The molecule has 2 aromatic heterocycles. The third-order valence-corrected chi connectivity index (χ3v) is 6.04. The van der Waals surface area contributed by atoms with Crippen molar-refractivity contribution in [3.05, 3.63) is 103 Å². The molecule has 0 bridgehead atoms. The van der Waals surface area contributed by atoms with E-state index in [2.05, 4.69) is 24.9 Å². The fourth-order valence-corrected chi connectivity index (χ4v) is 4.03. The number of nitro benzene ring substituents is 2. The molecule has 1 aliphatic heterocycles. The summed E-state index contributed by atoms with van der Waals surface area (Å²) < 4.78 is 39.0. The number of nitro groups is 2. The van der Waals surface area contributed by atoms with Gasteiger partial charge in [-0.3, -0.25) is 29.7 Å². The summed E-state index contributed by atoms with van der Waals surface area (Å²) in [6.45, 7) is 0. The summed E-state index contributed by atoms with van der Waals surface area (Å²) in [5, 5.41) is 29.8. The summed E-state index contributed by atoms with van der Waals surface area (Å²) in [7, 11) is 4.17. The second kappa shape index (κ2) is 12.3. The number of aromatic nitrogens is 6. The van der Waals surface area contributed by atoms with Crippen LogP contribution in [-0.2, 0) is 30.0 Å². The molecule has 226 valence electrons. The Kier molecular flexibility index (Phi) is 8.58. The van der Waals surface area contributed by atoms with E-state index in [1.807, 2.05) is 0 Å². The second-order valence-corrected chi connectivity index (χ2v) is 8.74. The number of nitrogens with zero attached hydrogens (tertiary/aromatic N) is 8. The van der Waals surface area contributed by atoms with Gasteiger partial charge in [-0.2, -0.15) is 10.2 Å². The zero-order valence-corrected chi connectivity index (χ0v) is 22.8. The molecule has 0 saturated carbocycles. The molecule has 0 aliphatic carbocycles. The number of carbonyl (C=O) groups excluding carboxylic acids is 3. The average Bonchev–Trinajstić information content (AvgIpc) is 3.66. The number of ether oxygens (including phenoxy) is 2. The number of aryl methyl sites for hydroxylation is 2. The monoisotopic (exact) mass is 612 g/mol. The van der Waals surface area contributed by atoms with Gasteiger partial charge in [-0.25, -0.2) is 33.0 Å². The summed E-state index contributed by atoms with van der Waals surface area (Å²) in [4.78, 5) is 64.1. The van der Waals surface area contributed by atoms with Crippen LogP contribution in [0.2, 0.25) is 0 Å². The van der Waals surface area contributed by atoms with Crippen LogP contribution >= 0.6 is 0 Å². The molecule has 2 aromatic carbocycles. The maximum atomic E-state index is 13.5. The van der Waals surface area contributed by atoms with Crippen molar-refractivity contribution in [2.75, 3.05) is 7.11 Å². The molecule has 0 radical (unpaired) electrons. The zero-order valence-electron chi connectivity index (χ0n) is 22.8. The first-order valence-corrected chi connectivity index (χ1v) is 12.0. The number of benzene rings is 2. The molecule has 0 fully saturated rings. The van der Waals surface area contributed by atoms with Crippen LogP contribution in [0.15, 0.2) is 36.9 Å². The lowest BCUT2D eigenvalue weighted by Crippen LogP contribution is -2.17. The lowest BCUT2D eigenvalue weighted by atomic mass is 9.99. The minimum absolute atomic E-state index is 0.0576. The summed E-state index contributed by atoms with van der Waals surface area (Å²) in [5.41, 5.74) is -2.62. The first-order valence-electron chi connectivity index (χ1n) is 12.0. The van der Waals surface area contributed by atoms with Gasteiger partial charge in [0.15, 0.2) is 11.6 Å². The average molecular weight is 612 g/mol. The van der Waals surface area contributed by atoms with Crippen LogP contribution < -0.4 is 0 Å². The summed E-state index contributed by atoms with van der Waals surface area (Å²) in [5.74, 6) is -4.04. The predicted octanol–water partition coefficient (Wildman–Crippen LogP) is 2.61. The number of Topliss-reactive ketones (excluding diaryl/α,β-unsaturated/α-hetero) is 1. The number of hydrogen-bond acceptors (Lipinski definition) is 13. The molecule has 3 heterocycles. The standard InChI is InChI=1S/C13H11FN4O5.C12H7FN4O4/c1-17-11(15-6-16-17)5-10(19)12-8(13(20)23-2)3-7(14)4-9(12)18(21)22;1-16-10(14-5-15-16)4-9-11-7(12(18)21-9)2-6(13)3-8(11)17(19)20/h3-4,6H,5H2,1-2H3;2-5H,1H3/b;9-4-. The smallest absolute Gasteiger partial charge is 0.344 e. The Morgan fingerprint density at radius 3 is 2.16 bits per heavy atom. The number of cyclic esters (lactones) is 1. The van der Waals surface area contributed by atoms with Crippen molar-refractivity contribution in [3.63, 3.8) is 0 Å². The van der Waals surface area contributed by atoms with Crippen LogP contribution in [0, 0.1) is 31.9 Å². The van der Waals surface area contributed by atoms with Crippen LogP contribution in [0.3, 0.4) is 0 Å². The second-order valence-electron chi connectivity index (χ2n) is 8.74. The van der Waals surface area contributed by atoms with Gasteiger partial charge in [0, 0.05) is 20.2 Å². The van der Waals surface area contributed by atoms with E-state index < -0.39 is 61.7 Å². The molecule has 0 saturated heterocycles. The van der Waals surface area contributed by atoms with Crippen molar-refractivity contribution in [3.8, 4) is 0 Å². The quantitative estimate of drug-likeness (QED) is 0.127. The number of hydrogen-bond donors (Lipinski definition) is 0. The van der Waals surface area contributed by atoms with Crippen LogP contribution in [-0.4, -0.2) is 64.2 Å². The normalized spacial score (nSPS) is 12.7. The molecule has 4 aromatic rings. The van der Waals surface area contributed by atoms with Gasteiger partial charge in [0.1, 0.15) is 47.0 Å². The molecule has 0 amide bonds. The van der Waals surface area contributed by atoms with Gasteiger partial charge in [0.05, 0.1) is 46.6 Å². The molecule has 0 N–H and O–H groups in total. The first kappa shape index (κ1) is 30.7. The highest BCUT2D eigenvalue weighted by Gasteiger charge is 2.35. The Labute approximate surface area is 243 Å². The van der Waals surface area contributed by atoms with Crippen molar-refractivity contribution in [2.24, 2.45) is 14.1 Å². The fourth-order valence-electron chi connectivity index (χ4n) is 4.03. The van der Waals surface area contributed by atoms with Gasteiger partial charge in [-0.15, -0.1) is 0 Å². The van der Waals surface area contributed by atoms with E-state index in [1.54, 1.807) is 7.05 Å². The summed E-state index contributed by atoms with van der Waals surface area (Å²) >= 11 is 0. The number of rotatable bonds is 7. The topological polar surface area (TPSA) is 217 Å². The minimum atomic E-state index is -1.05.